The van der Waals surface area contributed by atoms with E-state index in [1.54, 1.807) is 12.1 Å². The number of likely N-dealkylation sites (tertiary alicyclic amines) is 1. The minimum absolute atomic E-state index is 0.0134. The molecule has 1 spiro atoms. The van der Waals surface area contributed by atoms with Crippen LogP contribution in [0.15, 0.2) is 42.5 Å². The van der Waals surface area contributed by atoms with Gasteiger partial charge in [0, 0.05) is 36.2 Å². The summed E-state index contributed by atoms with van der Waals surface area (Å²) in [6, 6.07) is 10.3. The lowest BCUT2D eigenvalue weighted by atomic mass is 9.99. The highest BCUT2D eigenvalue weighted by Gasteiger charge is 2.54. The number of hydrogen-bond acceptors (Lipinski definition) is 5. The normalized spacial score (nSPS) is 21.2. The van der Waals surface area contributed by atoms with Crippen LogP contribution in [0.2, 0.25) is 0 Å². The first-order valence-electron chi connectivity index (χ1n) is 13.0. The number of benzene rings is 2. The fraction of sp³-hybridized carbons (Fsp3) is 0.379. The number of nitrogens with zero attached hydrogens (tertiary/aromatic N) is 3. The lowest BCUT2D eigenvalue weighted by molar-refractivity contribution is -0.143. The van der Waals surface area contributed by atoms with Crippen LogP contribution in [-0.2, 0) is 20.9 Å². The van der Waals surface area contributed by atoms with Gasteiger partial charge >= 0.3 is 0 Å². The predicted octanol–water partition coefficient (Wildman–Crippen LogP) is 3.90. The second-order valence-corrected chi connectivity index (χ2v) is 10.7. The van der Waals surface area contributed by atoms with Crippen molar-refractivity contribution in [3.63, 3.8) is 0 Å². The molecule has 2 aliphatic rings. The molecule has 208 valence electrons. The fourth-order valence-electron chi connectivity index (χ4n) is 5.62. The highest BCUT2D eigenvalue weighted by atomic mass is 19.1. The molecule has 11 heteroatoms. The molecule has 2 N–H and O–H groups in total. The van der Waals surface area contributed by atoms with Crippen molar-refractivity contribution in [2.75, 3.05) is 18.9 Å². The summed E-state index contributed by atoms with van der Waals surface area (Å²) in [5.41, 5.74) is -0.100. The topological polar surface area (TPSA) is 116 Å². The van der Waals surface area contributed by atoms with Gasteiger partial charge in [0.05, 0.1) is 24.7 Å². The van der Waals surface area contributed by atoms with Gasteiger partial charge in [0.1, 0.15) is 29.4 Å². The summed E-state index contributed by atoms with van der Waals surface area (Å²) in [6.07, 6.45) is 0.145. The van der Waals surface area contributed by atoms with E-state index in [9.17, 15) is 28.4 Å². The number of halogens is 2. The van der Waals surface area contributed by atoms with Gasteiger partial charge in [-0.25, -0.2) is 8.78 Å². The van der Waals surface area contributed by atoms with Crippen LogP contribution in [0.25, 0.3) is 10.9 Å². The molecule has 2 aromatic carbocycles. The maximum atomic E-state index is 14.8. The Morgan fingerprint density at radius 2 is 2.00 bits per heavy atom. The van der Waals surface area contributed by atoms with E-state index < -0.39 is 47.0 Å². The van der Waals surface area contributed by atoms with Gasteiger partial charge in [0.25, 0.3) is 11.8 Å². The summed E-state index contributed by atoms with van der Waals surface area (Å²) in [4.78, 5) is 41.9. The van der Waals surface area contributed by atoms with Crippen molar-refractivity contribution in [2.45, 2.75) is 51.0 Å². The van der Waals surface area contributed by atoms with Crippen LogP contribution in [0.4, 0.5) is 14.5 Å². The number of para-hydroxylation sites is 1. The summed E-state index contributed by atoms with van der Waals surface area (Å²) in [7, 11) is 1.40. The minimum Gasteiger partial charge on any atom is -0.358 e. The lowest BCUT2D eigenvalue weighted by Crippen LogP contribution is -2.48. The molecule has 1 aromatic heterocycles. The Balaban J connectivity index is 1.58. The fourth-order valence-corrected chi connectivity index (χ4v) is 5.62. The standard InChI is InChI=1S/C29H29F2N5O4/c1-16(2)8-25(36-23-10-18(30)9-21(31)20(23)11-24(36)26(37)33-3)27(38)35-15-29(12-19(35)13-32)28(39)34-22-7-5-4-6-17(22)14-40-29/h4-7,9-11,16,19,25H,8,12,14-15H2,1-3H3,(H,33,37)(H,34,39)/t19-,25-,29+/m0/s1. The molecule has 2 aliphatic heterocycles. The molecule has 3 atom stereocenters. The van der Waals surface area contributed by atoms with Crippen molar-refractivity contribution < 1.29 is 27.9 Å². The van der Waals surface area contributed by atoms with Crippen LogP contribution in [0.3, 0.4) is 0 Å². The van der Waals surface area contributed by atoms with E-state index in [2.05, 4.69) is 16.7 Å². The Bertz CT molecular complexity index is 1560. The highest BCUT2D eigenvalue weighted by molar-refractivity contribution is 6.01. The van der Waals surface area contributed by atoms with Crippen LogP contribution in [0.5, 0.6) is 0 Å². The van der Waals surface area contributed by atoms with Gasteiger partial charge in [-0.3, -0.25) is 14.4 Å². The van der Waals surface area contributed by atoms with Crippen LogP contribution in [0, 0.1) is 28.9 Å². The van der Waals surface area contributed by atoms with Crippen molar-refractivity contribution in [2.24, 2.45) is 5.92 Å². The first-order chi connectivity index (χ1) is 19.1. The molecule has 3 heterocycles. The highest BCUT2D eigenvalue weighted by Crippen LogP contribution is 2.39. The zero-order valence-electron chi connectivity index (χ0n) is 22.3. The van der Waals surface area contributed by atoms with Gasteiger partial charge in [-0.2, -0.15) is 5.26 Å². The summed E-state index contributed by atoms with van der Waals surface area (Å²) in [5.74, 6) is -3.41. The average molecular weight is 550 g/mol. The molecule has 1 saturated heterocycles. The second-order valence-electron chi connectivity index (χ2n) is 10.7. The Kier molecular flexibility index (Phi) is 7.06. The SMILES string of the molecule is CNC(=O)c1cc2c(F)cc(F)cc2n1[C@@H](CC(C)C)C(=O)N1C[C@@]2(C[C@H]1C#N)OCc1ccccc1NC2=O. The van der Waals surface area contributed by atoms with Gasteiger partial charge in [-0.1, -0.05) is 32.0 Å². The molecule has 0 aliphatic carbocycles. The van der Waals surface area contributed by atoms with E-state index >= 15 is 0 Å². The molecular formula is C29H29F2N5O4. The first kappa shape index (κ1) is 27.3. The van der Waals surface area contributed by atoms with E-state index in [4.69, 9.17) is 4.74 Å². The zero-order valence-corrected chi connectivity index (χ0v) is 22.3. The molecule has 1 fully saturated rings. The Hall–Kier alpha value is -4.30. The Labute approximate surface area is 229 Å². The van der Waals surface area contributed by atoms with E-state index in [-0.39, 0.29) is 48.5 Å². The molecule has 0 saturated carbocycles. The largest absolute Gasteiger partial charge is 0.358 e. The number of nitrogens with one attached hydrogen (secondary N) is 2. The number of hydrogen-bond donors (Lipinski definition) is 2. The van der Waals surface area contributed by atoms with Gasteiger partial charge in [0.2, 0.25) is 5.91 Å². The van der Waals surface area contributed by atoms with E-state index in [1.165, 1.54) is 22.6 Å². The quantitative estimate of drug-likeness (QED) is 0.501. The van der Waals surface area contributed by atoms with Crippen LogP contribution in [-0.4, -0.2) is 52.4 Å². The molecule has 0 bridgehead atoms. The van der Waals surface area contributed by atoms with Crippen molar-refractivity contribution in [3.8, 4) is 6.07 Å². The number of fused-ring (bicyclic) bond motifs is 2. The minimum atomic E-state index is -1.47. The number of ether oxygens (including phenoxy) is 1. The number of aromatic nitrogens is 1. The van der Waals surface area contributed by atoms with Gasteiger partial charge in [0.15, 0.2) is 5.60 Å². The Morgan fingerprint density at radius 3 is 2.70 bits per heavy atom. The number of rotatable bonds is 5. The smallest absolute Gasteiger partial charge is 0.267 e. The van der Waals surface area contributed by atoms with Gasteiger partial charge < -0.3 is 24.8 Å². The number of anilines is 1. The molecule has 3 aromatic rings. The third-order valence-corrected chi connectivity index (χ3v) is 7.56. The molecule has 40 heavy (non-hydrogen) atoms. The molecule has 9 nitrogen and oxygen atoms in total. The third-order valence-electron chi connectivity index (χ3n) is 7.56. The molecule has 5 rings (SSSR count). The number of carbonyl (C=O) groups is 3. The maximum absolute atomic E-state index is 14.8. The molecule has 0 unspecified atom stereocenters. The second kappa shape index (κ2) is 10.4. The average Bonchev–Trinajstić information content (AvgIpc) is 3.46. The summed E-state index contributed by atoms with van der Waals surface area (Å²) >= 11 is 0. The first-order valence-corrected chi connectivity index (χ1v) is 13.0. The number of amides is 3. The van der Waals surface area contributed by atoms with Crippen LogP contribution in [0.1, 0.15) is 48.8 Å². The summed E-state index contributed by atoms with van der Waals surface area (Å²) < 4.78 is 36.6. The van der Waals surface area contributed by atoms with Crippen LogP contribution >= 0.6 is 0 Å². The number of nitriles is 1. The maximum Gasteiger partial charge on any atom is 0.267 e. The summed E-state index contributed by atoms with van der Waals surface area (Å²) in [6.45, 7) is 3.65. The van der Waals surface area contributed by atoms with Crippen molar-refractivity contribution in [1.29, 1.82) is 5.26 Å². The summed E-state index contributed by atoms with van der Waals surface area (Å²) in [5, 5.41) is 15.4. The van der Waals surface area contributed by atoms with Gasteiger partial charge in [-0.05, 0) is 30.5 Å². The van der Waals surface area contributed by atoms with Crippen molar-refractivity contribution in [3.05, 3.63) is 65.4 Å². The molecule has 0 radical (unpaired) electrons. The monoisotopic (exact) mass is 549 g/mol. The number of carbonyl (C=O) groups excluding carboxylic acids is 3. The van der Waals surface area contributed by atoms with Crippen LogP contribution < -0.4 is 10.6 Å². The third kappa shape index (κ3) is 4.58. The zero-order chi connectivity index (χ0) is 28.8. The Morgan fingerprint density at radius 1 is 1.25 bits per heavy atom. The van der Waals surface area contributed by atoms with E-state index in [0.29, 0.717) is 5.69 Å². The van der Waals surface area contributed by atoms with Gasteiger partial charge in [-0.15, -0.1) is 0 Å². The lowest BCUT2D eigenvalue weighted by Gasteiger charge is -2.30. The molecule has 3 amide bonds. The van der Waals surface area contributed by atoms with Crippen molar-refractivity contribution in [1.82, 2.24) is 14.8 Å². The predicted molar refractivity (Wildman–Crippen MR) is 142 cm³/mol. The van der Waals surface area contributed by atoms with E-state index in [1.807, 2.05) is 26.0 Å². The van der Waals surface area contributed by atoms with E-state index in [0.717, 1.165) is 17.7 Å². The molecular weight excluding hydrogens is 520 g/mol. The van der Waals surface area contributed by atoms with Crippen molar-refractivity contribution >= 4 is 34.3 Å².